The molecule has 0 bridgehead atoms. The van der Waals surface area contributed by atoms with Crippen molar-refractivity contribution >= 4 is 74.6 Å². The summed E-state index contributed by atoms with van der Waals surface area (Å²) in [6.07, 6.45) is 0. The molecule has 1 aromatic heterocycles. The molecule has 0 spiro atoms. The second kappa shape index (κ2) is 10.4. The maximum absolute atomic E-state index is 2.45. The van der Waals surface area contributed by atoms with Gasteiger partial charge in [-0.1, -0.05) is 158 Å². The molecular weight excluding hydrogens is 585 g/mol. The lowest BCUT2D eigenvalue weighted by atomic mass is 9.85. The monoisotopic (exact) mass is 612 g/mol. The van der Waals surface area contributed by atoms with Crippen LogP contribution in [0.3, 0.4) is 0 Å². The minimum atomic E-state index is 1.25. The summed E-state index contributed by atoms with van der Waals surface area (Å²) in [4.78, 5) is 0. The Hall–Kier alpha value is -5.76. The van der Waals surface area contributed by atoms with Crippen LogP contribution in [-0.2, 0) is 0 Å². The van der Waals surface area contributed by atoms with Crippen molar-refractivity contribution in [2.75, 3.05) is 0 Å². The summed E-state index contributed by atoms with van der Waals surface area (Å²) < 4.78 is 2.69. The van der Waals surface area contributed by atoms with Crippen molar-refractivity contribution in [1.82, 2.24) is 0 Å². The Morgan fingerprint density at radius 2 is 0.766 bits per heavy atom. The van der Waals surface area contributed by atoms with E-state index >= 15 is 0 Å². The summed E-state index contributed by atoms with van der Waals surface area (Å²) in [6, 6.07) is 62.5. The third kappa shape index (κ3) is 4.00. The summed E-state index contributed by atoms with van der Waals surface area (Å²) >= 11 is 1.92. The average Bonchev–Trinajstić information content (AvgIpc) is 3.54. The van der Waals surface area contributed by atoms with E-state index in [0.29, 0.717) is 0 Å². The van der Waals surface area contributed by atoms with Crippen molar-refractivity contribution in [2.24, 2.45) is 0 Å². The van der Waals surface area contributed by atoms with E-state index in [9.17, 15) is 0 Å². The van der Waals surface area contributed by atoms with Crippen LogP contribution in [0.2, 0.25) is 0 Å². The van der Waals surface area contributed by atoms with E-state index < -0.39 is 0 Å². The first-order chi connectivity index (χ1) is 23.3. The first kappa shape index (κ1) is 26.5. The van der Waals surface area contributed by atoms with Crippen LogP contribution in [0.15, 0.2) is 170 Å². The standard InChI is InChI=1S/C46H28S/c1-3-13-29(14-4-1)31-23-26-40-42(28-31)47-46-39-25-24-32(27-41(39)33-17-7-8-18-34(33)45(40)46)44-37-21-11-9-19-35(37)43(30-15-5-2-6-16-30)36-20-10-12-22-38(36)44/h1-28H. The lowest BCUT2D eigenvalue weighted by Gasteiger charge is -2.18. The van der Waals surface area contributed by atoms with Crippen LogP contribution < -0.4 is 0 Å². The van der Waals surface area contributed by atoms with Crippen LogP contribution in [0.5, 0.6) is 0 Å². The largest absolute Gasteiger partial charge is 0.134 e. The molecule has 10 rings (SSSR count). The van der Waals surface area contributed by atoms with Crippen LogP contribution in [0.4, 0.5) is 0 Å². The fraction of sp³-hybridized carbons (Fsp3) is 0. The minimum Gasteiger partial charge on any atom is -0.134 e. The molecule has 1 heterocycles. The predicted octanol–water partition coefficient (Wildman–Crippen LogP) is 13.7. The summed E-state index contributed by atoms with van der Waals surface area (Å²) in [5.74, 6) is 0. The highest BCUT2D eigenvalue weighted by molar-refractivity contribution is 7.27. The topological polar surface area (TPSA) is 0 Å². The molecule has 0 N–H and O–H groups in total. The SMILES string of the molecule is c1ccc(-c2ccc3c(c2)sc2c4ccc(-c5c6ccccc6c(-c6ccccc6)c6ccccc56)cc4c4ccccc4c32)cc1. The summed E-state index contributed by atoms with van der Waals surface area (Å²) in [5, 5.41) is 13.1. The molecule has 0 aliphatic heterocycles. The first-order valence-corrected chi connectivity index (χ1v) is 17.0. The van der Waals surface area contributed by atoms with E-state index in [0.717, 1.165) is 0 Å². The van der Waals surface area contributed by atoms with Gasteiger partial charge in [-0.3, -0.25) is 0 Å². The van der Waals surface area contributed by atoms with Crippen LogP contribution in [0.25, 0.3) is 96.6 Å². The highest BCUT2D eigenvalue weighted by Gasteiger charge is 2.19. The quantitative estimate of drug-likeness (QED) is 0.138. The zero-order valence-electron chi connectivity index (χ0n) is 25.6. The zero-order chi connectivity index (χ0) is 30.9. The van der Waals surface area contributed by atoms with Crippen molar-refractivity contribution in [3.63, 3.8) is 0 Å². The number of thiophene rings is 1. The third-order valence-corrected chi connectivity index (χ3v) is 11.0. The molecule has 0 atom stereocenters. The number of hydrogen-bond acceptors (Lipinski definition) is 1. The molecule has 218 valence electrons. The van der Waals surface area contributed by atoms with Gasteiger partial charge in [-0.05, 0) is 83.2 Å². The van der Waals surface area contributed by atoms with Crippen LogP contribution in [0.1, 0.15) is 0 Å². The fourth-order valence-corrected chi connectivity index (χ4v) is 9.07. The molecule has 0 unspecified atom stereocenters. The van der Waals surface area contributed by atoms with E-state index in [1.807, 2.05) is 11.3 Å². The number of fused-ring (bicyclic) bond motifs is 10. The van der Waals surface area contributed by atoms with Crippen LogP contribution >= 0.6 is 11.3 Å². The highest BCUT2D eigenvalue weighted by atomic mass is 32.1. The number of benzene rings is 9. The first-order valence-electron chi connectivity index (χ1n) is 16.2. The molecule has 1 heteroatoms. The van der Waals surface area contributed by atoms with Crippen molar-refractivity contribution in [2.45, 2.75) is 0 Å². The summed E-state index contributed by atoms with van der Waals surface area (Å²) in [6.45, 7) is 0. The van der Waals surface area contributed by atoms with Crippen LogP contribution in [-0.4, -0.2) is 0 Å². The summed E-state index contributed by atoms with van der Waals surface area (Å²) in [5.41, 5.74) is 7.61. The molecule has 0 aliphatic rings. The number of rotatable bonds is 3. The maximum Gasteiger partial charge on any atom is 0.0440 e. The Morgan fingerprint density at radius 1 is 0.277 bits per heavy atom. The van der Waals surface area contributed by atoms with Crippen molar-refractivity contribution in [3.05, 3.63) is 170 Å². The molecule has 10 aromatic rings. The van der Waals surface area contributed by atoms with Crippen LogP contribution in [0, 0.1) is 0 Å². The maximum atomic E-state index is 2.45. The van der Waals surface area contributed by atoms with E-state index in [1.165, 1.54) is 96.6 Å². The smallest absolute Gasteiger partial charge is 0.0440 e. The Bertz CT molecular complexity index is 2770. The lowest BCUT2D eigenvalue weighted by Crippen LogP contribution is -1.91. The van der Waals surface area contributed by atoms with Gasteiger partial charge >= 0.3 is 0 Å². The molecule has 0 amide bonds. The Kier molecular flexibility index (Phi) is 5.85. The van der Waals surface area contributed by atoms with Gasteiger partial charge in [0.05, 0.1) is 0 Å². The highest BCUT2D eigenvalue weighted by Crippen LogP contribution is 2.48. The van der Waals surface area contributed by atoms with Gasteiger partial charge in [0.2, 0.25) is 0 Å². The van der Waals surface area contributed by atoms with Crippen molar-refractivity contribution < 1.29 is 0 Å². The Morgan fingerprint density at radius 3 is 1.40 bits per heavy atom. The van der Waals surface area contributed by atoms with Crippen molar-refractivity contribution in [3.8, 4) is 33.4 Å². The molecular formula is C46H28S. The predicted molar refractivity (Wildman–Crippen MR) is 206 cm³/mol. The molecule has 0 saturated heterocycles. The van der Waals surface area contributed by atoms with Gasteiger partial charge in [-0.25, -0.2) is 0 Å². The molecule has 0 fully saturated rings. The van der Waals surface area contributed by atoms with Gasteiger partial charge < -0.3 is 0 Å². The Balaban J connectivity index is 1.28. The molecule has 47 heavy (non-hydrogen) atoms. The molecule has 0 nitrogen and oxygen atoms in total. The number of hydrogen-bond donors (Lipinski definition) is 0. The molecule has 9 aromatic carbocycles. The third-order valence-electron chi connectivity index (χ3n) is 9.83. The zero-order valence-corrected chi connectivity index (χ0v) is 26.4. The lowest BCUT2D eigenvalue weighted by molar-refractivity contribution is 1.66. The second-order valence-corrected chi connectivity index (χ2v) is 13.4. The van der Waals surface area contributed by atoms with Gasteiger partial charge in [0.25, 0.3) is 0 Å². The fourth-order valence-electron chi connectivity index (χ4n) is 7.78. The van der Waals surface area contributed by atoms with E-state index in [2.05, 4.69) is 170 Å². The Labute approximate surface area is 276 Å². The van der Waals surface area contributed by atoms with Gasteiger partial charge in [-0.15, -0.1) is 11.3 Å². The van der Waals surface area contributed by atoms with E-state index in [4.69, 9.17) is 0 Å². The molecule has 0 saturated carbocycles. The average molecular weight is 613 g/mol. The van der Waals surface area contributed by atoms with Gasteiger partial charge in [0.15, 0.2) is 0 Å². The van der Waals surface area contributed by atoms with Gasteiger partial charge in [-0.2, -0.15) is 0 Å². The second-order valence-electron chi connectivity index (χ2n) is 12.4. The van der Waals surface area contributed by atoms with Gasteiger partial charge in [0, 0.05) is 25.6 Å². The van der Waals surface area contributed by atoms with Crippen molar-refractivity contribution in [1.29, 1.82) is 0 Å². The van der Waals surface area contributed by atoms with Gasteiger partial charge in [0.1, 0.15) is 0 Å². The molecule has 0 aliphatic carbocycles. The molecule has 0 radical (unpaired) electrons. The van der Waals surface area contributed by atoms with E-state index in [1.54, 1.807) is 0 Å². The van der Waals surface area contributed by atoms with E-state index in [-0.39, 0.29) is 0 Å². The summed E-state index contributed by atoms with van der Waals surface area (Å²) in [7, 11) is 0. The minimum absolute atomic E-state index is 1.25. The normalized spacial score (nSPS) is 11.8.